The van der Waals surface area contributed by atoms with Crippen LogP contribution in [-0.2, 0) is 0 Å². The second kappa shape index (κ2) is 5.29. The van der Waals surface area contributed by atoms with E-state index in [1.165, 1.54) is 24.0 Å². The van der Waals surface area contributed by atoms with E-state index in [0.29, 0.717) is 5.03 Å². The minimum Gasteiger partial charge on any atom is -0.478 e. The lowest BCUT2D eigenvalue weighted by atomic mass is 10.3. The van der Waals surface area contributed by atoms with Crippen LogP contribution in [0.4, 0.5) is 0 Å². The molecule has 2 rings (SSSR count). The molecule has 86 valence electrons. The highest BCUT2D eigenvalue weighted by atomic mass is 79.9. The minimum atomic E-state index is -1.00. The van der Waals surface area contributed by atoms with Crippen LogP contribution in [-0.4, -0.2) is 21.3 Å². The van der Waals surface area contributed by atoms with Crippen molar-refractivity contribution in [3.8, 4) is 0 Å². The average molecular weight is 311 g/mol. The average Bonchev–Trinajstić information content (AvgIpc) is 2.32. The van der Waals surface area contributed by atoms with E-state index in [9.17, 15) is 4.79 Å². The smallest absolute Gasteiger partial charge is 0.338 e. The lowest BCUT2D eigenvalue weighted by Crippen LogP contribution is -2.01. The zero-order valence-electron chi connectivity index (χ0n) is 8.50. The van der Waals surface area contributed by atoms with Crippen molar-refractivity contribution >= 4 is 33.7 Å². The fourth-order valence-corrected chi connectivity index (χ4v) is 2.28. The molecule has 0 atom stereocenters. The lowest BCUT2D eigenvalue weighted by Gasteiger charge is -2.03. The van der Waals surface area contributed by atoms with Crippen LogP contribution in [0.15, 0.2) is 50.9 Å². The number of rotatable bonds is 3. The first-order valence-electron chi connectivity index (χ1n) is 4.65. The molecule has 0 bridgehead atoms. The summed E-state index contributed by atoms with van der Waals surface area (Å²) in [6.07, 6.45) is 1.37. The van der Waals surface area contributed by atoms with E-state index in [1.54, 1.807) is 0 Å². The van der Waals surface area contributed by atoms with Gasteiger partial charge < -0.3 is 5.11 Å². The second-order valence-corrected chi connectivity index (χ2v) is 5.09. The number of aromatic carboxylic acids is 1. The van der Waals surface area contributed by atoms with E-state index in [4.69, 9.17) is 5.11 Å². The van der Waals surface area contributed by atoms with Crippen LogP contribution in [0.25, 0.3) is 0 Å². The quantitative estimate of drug-likeness (QED) is 0.944. The number of carboxylic acid groups (broad SMARTS) is 1. The SMILES string of the molecule is O=C(O)c1ccnnc1Sc1ccc(Br)cc1. The Morgan fingerprint density at radius 3 is 2.59 bits per heavy atom. The van der Waals surface area contributed by atoms with Gasteiger partial charge in [0.1, 0.15) is 5.03 Å². The van der Waals surface area contributed by atoms with E-state index in [0.717, 1.165) is 9.37 Å². The fraction of sp³-hybridized carbons (Fsp3) is 0. The molecule has 17 heavy (non-hydrogen) atoms. The van der Waals surface area contributed by atoms with Crippen molar-refractivity contribution in [3.05, 3.63) is 46.6 Å². The molecule has 1 N–H and O–H groups in total. The molecule has 2 aromatic rings. The highest BCUT2D eigenvalue weighted by molar-refractivity contribution is 9.10. The number of aromatic nitrogens is 2. The number of carboxylic acids is 1. The summed E-state index contributed by atoms with van der Waals surface area (Å²) >= 11 is 4.61. The number of carbonyl (C=O) groups is 1. The molecule has 0 saturated heterocycles. The van der Waals surface area contributed by atoms with Gasteiger partial charge in [0.15, 0.2) is 0 Å². The summed E-state index contributed by atoms with van der Waals surface area (Å²) in [5, 5.41) is 16.9. The predicted octanol–water partition coefficient (Wildman–Crippen LogP) is 3.09. The third-order valence-corrected chi connectivity index (χ3v) is 3.48. The van der Waals surface area contributed by atoms with Crippen LogP contribution < -0.4 is 0 Å². The van der Waals surface area contributed by atoms with Crippen molar-refractivity contribution < 1.29 is 9.90 Å². The largest absolute Gasteiger partial charge is 0.478 e. The third-order valence-electron chi connectivity index (χ3n) is 1.95. The summed E-state index contributed by atoms with van der Waals surface area (Å²) in [4.78, 5) is 11.9. The Kier molecular flexibility index (Phi) is 3.75. The third kappa shape index (κ3) is 3.04. The minimum absolute atomic E-state index is 0.160. The van der Waals surface area contributed by atoms with Crippen LogP contribution in [0.5, 0.6) is 0 Å². The summed E-state index contributed by atoms with van der Waals surface area (Å²) in [6.45, 7) is 0. The maximum atomic E-state index is 11.0. The van der Waals surface area contributed by atoms with Crippen LogP contribution in [0.2, 0.25) is 0 Å². The molecule has 1 aromatic heterocycles. The number of hydrogen-bond donors (Lipinski definition) is 1. The molecule has 0 aliphatic rings. The second-order valence-electron chi connectivity index (χ2n) is 3.11. The van der Waals surface area contributed by atoms with Crippen molar-refractivity contribution in [2.45, 2.75) is 9.92 Å². The Hall–Kier alpha value is -1.40. The molecule has 0 aliphatic carbocycles. The first-order valence-corrected chi connectivity index (χ1v) is 6.26. The van der Waals surface area contributed by atoms with Crippen molar-refractivity contribution in [2.75, 3.05) is 0 Å². The van der Waals surface area contributed by atoms with Gasteiger partial charge in [-0.2, -0.15) is 5.10 Å². The Bertz CT molecular complexity index is 545. The van der Waals surface area contributed by atoms with Crippen molar-refractivity contribution in [1.29, 1.82) is 0 Å². The molecule has 0 radical (unpaired) electrons. The molecule has 1 aromatic carbocycles. The molecular weight excluding hydrogens is 304 g/mol. The van der Waals surface area contributed by atoms with E-state index in [-0.39, 0.29) is 5.56 Å². The number of halogens is 1. The summed E-state index contributed by atoms with van der Waals surface area (Å²) in [5.74, 6) is -1.00. The van der Waals surface area contributed by atoms with Gasteiger partial charge in [0.2, 0.25) is 0 Å². The first kappa shape index (κ1) is 12.1. The van der Waals surface area contributed by atoms with Gasteiger partial charge in [-0.3, -0.25) is 0 Å². The van der Waals surface area contributed by atoms with Crippen LogP contribution in [0.1, 0.15) is 10.4 Å². The van der Waals surface area contributed by atoms with Gasteiger partial charge in [0.05, 0.1) is 11.8 Å². The highest BCUT2D eigenvalue weighted by Crippen LogP contribution is 2.29. The summed E-state index contributed by atoms with van der Waals surface area (Å²) in [7, 11) is 0. The standard InChI is InChI=1S/C11H7BrN2O2S/c12-7-1-3-8(4-2-7)17-10-9(11(15)16)5-6-13-14-10/h1-6H,(H,15,16). The van der Waals surface area contributed by atoms with E-state index in [2.05, 4.69) is 26.1 Å². The zero-order chi connectivity index (χ0) is 12.3. The molecule has 4 nitrogen and oxygen atoms in total. The maximum absolute atomic E-state index is 11.0. The molecule has 0 spiro atoms. The van der Waals surface area contributed by atoms with Gasteiger partial charge in [-0.05, 0) is 30.3 Å². The van der Waals surface area contributed by atoms with Crippen molar-refractivity contribution in [1.82, 2.24) is 10.2 Å². The topological polar surface area (TPSA) is 63.1 Å². The fourth-order valence-electron chi connectivity index (χ4n) is 1.17. The first-order chi connectivity index (χ1) is 8.16. The van der Waals surface area contributed by atoms with Gasteiger partial charge in [-0.1, -0.05) is 27.7 Å². The van der Waals surface area contributed by atoms with Crippen molar-refractivity contribution in [2.24, 2.45) is 0 Å². The number of nitrogens with zero attached hydrogens (tertiary/aromatic N) is 2. The molecule has 6 heteroatoms. The maximum Gasteiger partial charge on any atom is 0.338 e. The number of benzene rings is 1. The molecule has 0 saturated carbocycles. The van der Waals surface area contributed by atoms with Crippen molar-refractivity contribution in [3.63, 3.8) is 0 Å². The lowest BCUT2D eigenvalue weighted by molar-refractivity contribution is 0.0692. The van der Waals surface area contributed by atoms with Gasteiger partial charge in [-0.25, -0.2) is 4.79 Å². The van der Waals surface area contributed by atoms with E-state index >= 15 is 0 Å². The zero-order valence-corrected chi connectivity index (χ0v) is 10.9. The normalized spacial score (nSPS) is 10.2. The molecular formula is C11H7BrN2O2S. The monoisotopic (exact) mass is 310 g/mol. The van der Waals surface area contributed by atoms with Crippen LogP contribution in [0, 0.1) is 0 Å². The molecule has 0 amide bonds. The number of hydrogen-bond acceptors (Lipinski definition) is 4. The van der Waals surface area contributed by atoms with Gasteiger partial charge in [0, 0.05) is 9.37 Å². The van der Waals surface area contributed by atoms with E-state index < -0.39 is 5.97 Å². The summed E-state index contributed by atoms with van der Waals surface area (Å²) < 4.78 is 0.972. The van der Waals surface area contributed by atoms with Gasteiger partial charge in [-0.15, -0.1) is 5.10 Å². The molecule has 0 aliphatic heterocycles. The highest BCUT2D eigenvalue weighted by Gasteiger charge is 2.12. The Morgan fingerprint density at radius 1 is 1.24 bits per heavy atom. The van der Waals surface area contributed by atoms with Gasteiger partial charge >= 0.3 is 5.97 Å². The van der Waals surface area contributed by atoms with Gasteiger partial charge in [0.25, 0.3) is 0 Å². The molecule has 0 fully saturated rings. The van der Waals surface area contributed by atoms with Crippen LogP contribution in [0.3, 0.4) is 0 Å². The Labute approximate surface area is 110 Å². The Morgan fingerprint density at radius 2 is 1.94 bits per heavy atom. The van der Waals surface area contributed by atoms with Crippen LogP contribution >= 0.6 is 27.7 Å². The van der Waals surface area contributed by atoms with E-state index in [1.807, 2.05) is 24.3 Å². The Balaban J connectivity index is 2.30. The molecule has 1 heterocycles. The summed E-state index contributed by atoms with van der Waals surface area (Å²) in [5.41, 5.74) is 0.160. The molecule has 0 unspecified atom stereocenters. The summed E-state index contributed by atoms with van der Waals surface area (Å²) in [6, 6.07) is 8.99. The predicted molar refractivity (Wildman–Crippen MR) is 67.3 cm³/mol.